The number of ether oxygens (including phenoxy) is 1. The van der Waals surface area contributed by atoms with Crippen LogP contribution < -0.4 is 15.4 Å². The van der Waals surface area contributed by atoms with Gasteiger partial charge >= 0.3 is 0 Å². The van der Waals surface area contributed by atoms with Crippen molar-refractivity contribution in [2.45, 2.75) is 6.92 Å². The van der Waals surface area contributed by atoms with Crippen molar-refractivity contribution < 1.29 is 19.1 Å². The van der Waals surface area contributed by atoms with E-state index in [0.29, 0.717) is 17.0 Å². The summed E-state index contributed by atoms with van der Waals surface area (Å²) in [6, 6.07) is 14.2. The molecule has 2 aromatic rings. The van der Waals surface area contributed by atoms with Gasteiger partial charge in [0.25, 0.3) is 17.7 Å². The molecule has 0 radical (unpaired) electrons. The van der Waals surface area contributed by atoms with Gasteiger partial charge in [-0.2, -0.15) is 0 Å². The number of anilines is 1. The van der Waals surface area contributed by atoms with Crippen LogP contribution in [0.2, 0.25) is 0 Å². The molecule has 7 nitrogen and oxygen atoms in total. The van der Waals surface area contributed by atoms with Crippen molar-refractivity contribution in [1.29, 1.82) is 0 Å². The summed E-state index contributed by atoms with van der Waals surface area (Å²) in [5, 5.41) is 5.28. The molecule has 3 amide bonds. The topological polar surface area (TPSA) is 87.7 Å². The zero-order chi connectivity index (χ0) is 21.0. The number of likely N-dealkylation sites (N-methyl/N-ethyl adjacent to an activating group) is 1. The Morgan fingerprint density at radius 3 is 2.45 bits per heavy atom. The molecule has 2 aromatic carbocycles. The number of rotatable bonds is 5. The summed E-state index contributed by atoms with van der Waals surface area (Å²) in [6.07, 6.45) is 1.48. The van der Waals surface area contributed by atoms with Crippen LogP contribution >= 0.6 is 12.2 Å². The average Bonchev–Trinajstić information content (AvgIpc) is 2.70. The molecule has 0 spiro atoms. The highest BCUT2D eigenvalue weighted by Crippen LogP contribution is 2.17. The number of hydrogen-bond acceptors (Lipinski definition) is 5. The highest BCUT2D eigenvalue weighted by Gasteiger charge is 2.30. The molecule has 1 fully saturated rings. The van der Waals surface area contributed by atoms with Crippen molar-refractivity contribution in [1.82, 2.24) is 10.2 Å². The van der Waals surface area contributed by atoms with E-state index in [1.165, 1.54) is 18.0 Å². The molecule has 1 aliphatic heterocycles. The average molecular weight is 409 g/mol. The number of carbonyl (C=O) groups is 3. The highest BCUT2D eigenvalue weighted by atomic mass is 32.1. The lowest BCUT2D eigenvalue weighted by Crippen LogP contribution is -2.52. The van der Waals surface area contributed by atoms with Crippen LogP contribution in [0.5, 0.6) is 5.75 Å². The van der Waals surface area contributed by atoms with Crippen molar-refractivity contribution in [3.63, 3.8) is 0 Å². The second kappa shape index (κ2) is 8.66. The monoisotopic (exact) mass is 409 g/mol. The number of nitrogens with one attached hydrogen (secondary N) is 2. The summed E-state index contributed by atoms with van der Waals surface area (Å²) in [4.78, 5) is 37.4. The number of benzene rings is 2. The maximum atomic E-state index is 12.2. The summed E-state index contributed by atoms with van der Waals surface area (Å²) in [5.74, 6) is -0.787. The fourth-order valence-electron chi connectivity index (χ4n) is 2.56. The maximum absolute atomic E-state index is 12.2. The Hall–Kier alpha value is -3.52. The van der Waals surface area contributed by atoms with E-state index in [1.807, 2.05) is 31.2 Å². The van der Waals surface area contributed by atoms with Crippen LogP contribution in [0, 0.1) is 6.92 Å². The van der Waals surface area contributed by atoms with Gasteiger partial charge in [0.2, 0.25) is 0 Å². The van der Waals surface area contributed by atoms with Crippen LogP contribution in [0.25, 0.3) is 6.08 Å². The van der Waals surface area contributed by atoms with E-state index >= 15 is 0 Å². The van der Waals surface area contributed by atoms with Gasteiger partial charge in [-0.3, -0.25) is 24.6 Å². The number of carbonyl (C=O) groups excluding carboxylic acids is 3. The Morgan fingerprint density at radius 2 is 1.79 bits per heavy atom. The Balaban J connectivity index is 1.59. The van der Waals surface area contributed by atoms with E-state index in [9.17, 15) is 14.4 Å². The van der Waals surface area contributed by atoms with Crippen LogP contribution in [0.15, 0.2) is 54.1 Å². The number of hydrogen-bond donors (Lipinski definition) is 2. The third-order valence-corrected chi connectivity index (χ3v) is 4.58. The zero-order valence-electron chi connectivity index (χ0n) is 15.9. The number of amides is 3. The highest BCUT2D eigenvalue weighted by molar-refractivity contribution is 7.80. The molecule has 1 saturated heterocycles. The smallest absolute Gasteiger partial charge is 0.265 e. The van der Waals surface area contributed by atoms with Gasteiger partial charge in [-0.05, 0) is 55.0 Å². The lowest BCUT2D eigenvalue weighted by Gasteiger charge is -2.25. The minimum Gasteiger partial charge on any atom is -0.484 e. The van der Waals surface area contributed by atoms with Gasteiger partial charge in [0.15, 0.2) is 11.7 Å². The van der Waals surface area contributed by atoms with Crippen molar-refractivity contribution in [2.75, 3.05) is 19.0 Å². The largest absolute Gasteiger partial charge is 0.484 e. The quantitative estimate of drug-likeness (QED) is 0.449. The van der Waals surface area contributed by atoms with E-state index in [1.54, 1.807) is 24.3 Å². The van der Waals surface area contributed by atoms with Gasteiger partial charge in [-0.15, -0.1) is 0 Å². The molecule has 29 heavy (non-hydrogen) atoms. The molecule has 8 heteroatoms. The third kappa shape index (κ3) is 5.05. The first kappa shape index (κ1) is 20.2. The fourth-order valence-corrected chi connectivity index (χ4v) is 2.73. The SMILES string of the molecule is Cc1ccc(NC(=O)COc2ccc(/C=C3\C(=O)NC(=S)N(C)C3=O)cc2)cc1. The minimum absolute atomic E-state index is 0.00718. The second-order valence-electron chi connectivity index (χ2n) is 6.45. The Labute approximate surface area is 173 Å². The molecule has 0 saturated carbocycles. The summed E-state index contributed by atoms with van der Waals surface area (Å²) in [5.41, 5.74) is 2.44. The molecule has 3 rings (SSSR count). The molecule has 0 aliphatic carbocycles. The summed E-state index contributed by atoms with van der Waals surface area (Å²) < 4.78 is 5.48. The first-order chi connectivity index (χ1) is 13.8. The van der Waals surface area contributed by atoms with Crippen LogP contribution in [-0.2, 0) is 14.4 Å². The summed E-state index contributed by atoms with van der Waals surface area (Å²) in [7, 11) is 1.50. The van der Waals surface area contributed by atoms with Crippen LogP contribution in [-0.4, -0.2) is 41.4 Å². The molecule has 148 valence electrons. The predicted octanol–water partition coefficient (Wildman–Crippen LogP) is 2.27. The Bertz CT molecular complexity index is 998. The lowest BCUT2D eigenvalue weighted by molar-refractivity contribution is -0.128. The first-order valence-corrected chi connectivity index (χ1v) is 9.19. The fraction of sp³-hybridized carbons (Fsp3) is 0.143. The predicted molar refractivity (Wildman–Crippen MR) is 113 cm³/mol. The summed E-state index contributed by atoms with van der Waals surface area (Å²) in [6.45, 7) is 1.83. The van der Waals surface area contributed by atoms with E-state index in [0.717, 1.165) is 5.56 Å². The van der Waals surface area contributed by atoms with Gasteiger partial charge in [0.05, 0.1) is 0 Å². The normalized spacial score (nSPS) is 15.3. The summed E-state index contributed by atoms with van der Waals surface area (Å²) >= 11 is 4.91. The van der Waals surface area contributed by atoms with Crippen molar-refractivity contribution in [2.24, 2.45) is 0 Å². The number of nitrogens with zero attached hydrogens (tertiary/aromatic N) is 1. The number of thiocarbonyl (C=S) groups is 1. The zero-order valence-corrected chi connectivity index (χ0v) is 16.7. The Morgan fingerprint density at radius 1 is 1.14 bits per heavy atom. The number of aryl methyl sites for hydroxylation is 1. The van der Waals surface area contributed by atoms with Crippen molar-refractivity contribution >= 4 is 46.8 Å². The first-order valence-electron chi connectivity index (χ1n) is 8.78. The third-order valence-electron chi connectivity index (χ3n) is 4.20. The molecular weight excluding hydrogens is 390 g/mol. The van der Waals surface area contributed by atoms with Crippen LogP contribution in [0.1, 0.15) is 11.1 Å². The van der Waals surface area contributed by atoms with Crippen molar-refractivity contribution in [3.8, 4) is 5.75 Å². The molecule has 1 aliphatic rings. The van der Waals surface area contributed by atoms with Crippen LogP contribution in [0.4, 0.5) is 5.69 Å². The molecule has 0 aromatic heterocycles. The molecule has 0 atom stereocenters. The van der Waals surface area contributed by atoms with Crippen molar-refractivity contribution in [3.05, 3.63) is 65.2 Å². The van der Waals surface area contributed by atoms with Gasteiger partial charge in [-0.1, -0.05) is 29.8 Å². The molecule has 0 unspecified atom stereocenters. The van der Waals surface area contributed by atoms with E-state index in [4.69, 9.17) is 17.0 Å². The van der Waals surface area contributed by atoms with Gasteiger partial charge < -0.3 is 10.1 Å². The maximum Gasteiger partial charge on any atom is 0.265 e. The van der Waals surface area contributed by atoms with Crippen LogP contribution in [0.3, 0.4) is 0 Å². The van der Waals surface area contributed by atoms with E-state index in [2.05, 4.69) is 10.6 Å². The molecule has 0 bridgehead atoms. The molecule has 2 N–H and O–H groups in total. The molecule has 1 heterocycles. The van der Waals surface area contributed by atoms with E-state index in [-0.39, 0.29) is 23.2 Å². The Kier molecular flexibility index (Phi) is 6.04. The molecular formula is C21H19N3O4S. The second-order valence-corrected chi connectivity index (χ2v) is 6.84. The minimum atomic E-state index is -0.536. The van der Waals surface area contributed by atoms with Gasteiger partial charge in [0, 0.05) is 12.7 Å². The van der Waals surface area contributed by atoms with Gasteiger partial charge in [-0.25, -0.2) is 0 Å². The standard InChI is InChI=1S/C21H19N3O4S/c1-13-3-7-15(8-4-13)22-18(25)12-28-16-9-5-14(6-10-16)11-17-19(26)23-21(29)24(2)20(17)27/h3-11H,12H2,1-2H3,(H,22,25)(H,23,26,29)/b17-11+. The lowest BCUT2D eigenvalue weighted by atomic mass is 10.1. The van der Waals surface area contributed by atoms with Gasteiger partial charge in [0.1, 0.15) is 11.3 Å². The van der Waals surface area contributed by atoms with E-state index < -0.39 is 11.8 Å².